The topological polar surface area (TPSA) is 82.6 Å². The third-order valence-electron chi connectivity index (χ3n) is 3.80. The summed E-state index contributed by atoms with van der Waals surface area (Å²) < 4.78 is 5.09. The number of nitrogens with one attached hydrogen (secondary N) is 1. The van der Waals surface area contributed by atoms with Crippen molar-refractivity contribution in [3.63, 3.8) is 0 Å². The van der Waals surface area contributed by atoms with Gasteiger partial charge in [-0.3, -0.25) is 14.5 Å². The maximum Gasteiger partial charge on any atom is 0.322 e. The van der Waals surface area contributed by atoms with Crippen LogP contribution in [0.1, 0.15) is 18.9 Å². The first-order valence-corrected chi connectivity index (χ1v) is 7.89. The van der Waals surface area contributed by atoms with Gasteiger partial charge in [-0.25, -0.2) is 0 Å². The quantitative estimate of drug-likeness (QED) is 0.320. The lowest BCUT2D eigenvalue weighted by molar-refractivity contribution is -0.145. The molecule has 6 nitrogen and oxygen atoms in total. The number of hydrogen-bond acceptors (Lipinski definition) is 4. The van der Waals surface area contributed by atoms with E-state index in [4.69, 9.17) is 9.84 Å². The van der Waals surface area contributed by atoms with Crippen LogP contribution < -0.4 is 4.74 Å². The van der Waals surface area contributed by atoms with Crippen LogP contribution >= 0.6 is 0 Å². The molecule has 2 rings (SSSR count). The standard InChI is InChI=1S/C18H22N2O4/c1-3-8-20(4-2)9-7-13-12-19-16-6-5-14(10-15(13)16)24-18(23)11-17(21)22/h3,5-6,10,12,19H,1,4,7-9,11H2,2H3,(H,21,22). The second-order valence-corrected chi connectivity index (χ2v) is 5.50. The van der Waals surface area contributed by atoms with E-state index in [9.17, 15) is 9.59 Å². The van der Waals surface area contributed by atoms with Crippen LogP contribution in [0.25, 0.3) is 10.9 Å². The molecule has 1 aromatic heterocycles. The number of esters is 1. The molecular weight excluding hydrogens is 308 g/mol. The number of carbonyl (C=O) groups is 2. The van der Waals surface area contributed by atoms with Gasteiger partial charge < -0.3 is 14.8 Å². The number of likely N-dealkylation sites (N-methyl/N-ethyl adjacent to an activating group) is 1. The van der Waals surface area contributed by atoms with E-state index in [1.54, 1.807) is 12.1 Å². The van der Waals surface area contributed by atoms with Crippen molar-refractivity contribution in [3.8, 4) is 5.75 Å². The van der Waals surface area contributed by atoms with Gasteiger partial charge in [0.1, 0.15) is 12.2 Å². The molecule has 0 radical (unpaired) electrons. The molecule has 24 heavy (non-hydrogen) atoms. The number of rotatable bonds is 9. The number of hydrogen-bond donors (Lipinski definition) is 2. The second-order valence-electron chi connectivity index (χ2n) is 5.50. The number of aliphatic carboxylic acids is 1. The van der Waals surface area contributed by atoms with E-state index >= 15 is 0 Å². The van der Waals surface area contributed by atoms with E-state index in [0.29, 0.717) is 5.75 Å². The zero-order valence-electron chi connectivity index (χ0n) is 13.7. The maximum absolute atomic E-state index is 11.5. The first-order chi connectivity index (χ1) is 11.5. The van der Waals surface area contributed by atoms with E-state index in [-0.39, 0.29) is 0 Å². The first-order valence-electron chi connectivity index (χ1n) is 7.89. The zero-order chi connectivity index (χ0) is 17.5. The average Bonchev–Trinajstić information content (AvgIpc) is 2.93. The van der Waals surface area contributed by atoms with Gasteiger partial charge >= 0.3 is 11.9 Å². The fraction of sp³-hybridized carbons (Fsp3) is 0.333. The molecule has 0 aliphatic heterocycles. The molecule has 0 spiro atoms. The third kappa shape index (κ3) is 4.70. The van der Waals surface area contributed by atoms with Crippen molar-refractivity contribution in [2.24, 2.45) is 0 Å². The number of carboxylic acid groups (broad SMARTS) is 1. The van der Waals surface area contributed by atoms with Crippen LogP contribution in [-0.2, 0) is 16.0 Å². The van der Waals surface area contributed by atoms with Crippen molar-refractivity contribution in [1.29, 1.82) is 0 Å². The maximum atomic E-state index is 11.5. The summed E-state index contributed by atoms with van der Waals surface area (Å²) in [4.78, 5) is 27.5. The van der Waals surface area contributed by atoms with Gasteiger partial charge in [0.25, 0.3) is 0 Å². The number of H-pyrrole nitrogens is 1. The van der Waals surface area contributed by atoms with Crippen molar-refractivity contribution in [2.75, 3.05) is 19.6 Å². The van der Waals surface area contributed by atoms with Crippen LogP contribution in [-0.4, -0.2) is 46.6 Å². The molecule has 0 unspecified atom stereocenters. The molecule has 0 atom stereocenters. The number of aromatic nitrogens is 1. The van der Waals surface area contributed by atoms with Crippen molar-refractivity contribution < 1.29 is 19.4 Å². The largest absolute Gasteiger partial charge is 0.481 e. The molecule has 128 valence electrons. The summed E-state index contributed by atoms with van der Waals surface area (Å²) in [6.45, 7) is 8.57. The second kappa shape index (κ2) is 8.31. The normalized spacial score (nSPS) is 10.9. The lowest BCUT2D eigenvalue weighted by Gasteiger charge is -2.17. The van der Waals surface area contributed by atoms with Gasteiger partial charge in [0.05, 0.1) is 0 Å². The lowest BCUT2D eigenvalue weighted by Crippen LogP contribution is -2.25. The molecule has 0 aliphatic rings. The third-order valence-corrected chi connectivity index (χ3v) is 3.80. The minimum Gasteiger partial charge on any atom is -0.481 e. The average molecular weight is 330 g/mol. The predicted octanol–water partition coefficient (Wildman–Crippen LogP) is 2.60. The van der Waals surface area contributed by atoms with Crippen LogP contribution in [0, 0.1) is 0 Å². The summed E-state index contributed by atoms with van der Waals surface area (Å²) in [6, 6.07) is 5.24. The summed E-state index contributed by atoms with van der Waals surface area (Å²) in [5.74, 6) is -1.62. The Labute approximate surface area is 140 Å². The molecular formula is C18H22N2O4. The number of aromatic amines is 1. The molecule has 6 heteroatoms. The van der Waals surface area contributed by atoms with E-state index in [1.165, 1.54) is 0 Å². The Balaban J connectivity index is 2.11. The highest BCUT2D eigenvalue weighted by Crippen LogP contribution is 2.24. The van der Waals surface area contributed by atoms with Crippen molar-refractivity contribution >= 4 is 22.8 Å². The molecule has 2 aromatic rings. The molecule has 0 saturated carbocycles. The summed E-state index contributed by atoms with van der Waals surface area (Å²) in [7, 11) is 0. The van der Waals surface area contributed by atoms with Crippen LogP contribution in [0.3, 0.4) is 0 Å². The Morgan fingerprint density at radius 2 is 2.21 bits per heavy atom. The lowest BCUT2D eigenvalue weighted by atomic mass is 10.1. The van der Waals surface area contributed by atoms with Crippen LogP contribution in [0.4, 0.5) is 0 Å². The van der Waals surface area contributed by atoms with E-state index in [1.807, 2.05) is 18.3 Å². The number of ether oxygens (including phenoxy) is 1. The van der Waals surface area contributed by atoms with E-state index in [0.717, 1.165) is 42.5 Å². The molecule has 0 amide bonds. The van der Waals surface area contributed by atoms with Crippen molar-refractivity contribution in [3.05, 3.63) is 42.6 Å². The molecule has 2 N–H and O–H groups in total. The van der Waals surface area contributed by atoms with E-state index < -0.39 is 18.4 Å². The Morgan fingerprint density at radius 1 is 1.42 bits per heavy atom. The van der Waals surface area contributed by atoms with Crippen LogP contribution in [0.2, 0.25) is 0 Å². The van der Waals surface area contributed by atoms with Crippen molar-refractivity contribution in [2.45, 2.75) is 19.8 Å². The van der Waals surface area contributed by atoms with Gasteiger partial charge in [-0.15, -0.1) is 6.58 Å². The highest BCUT2D eigenvalue weighted by atomic mass is 16.5. The van der Waals surface area contributed by atoms with Gasteiger partial charge in [0, 0.05) is 30.2 Å². The first kappa shape index (κ1) is 17.7. The predicted molar refractivity (Wildman–Crippen MR) is 92.2 cm³/mol. The molecule has 0 fully saturated rings. The minimum atomic E-state index is -1.20. The highest BCUT2D eigenvalue weighted by molar-refractivity contribution is 5.92. The fourth-order valence-electron chi connectivity index (χ4n) is 2.56. The van der Waals surface area contributed by atoms with Crippen LogP contribution in [0.5, 0.6) is 5.75 Å². The monoisotopic (exact) mass is 330 g/mol. The molecule has 0 bridgehead atoms. The smallest absolute Gasteiger partial charge is 0.322 e. The Bertz CT molecular complexity index is 736. The fourth-order valence-corrected chi connectivity index (χ4v) is 2.56. The van der Waals surface area contributed by atoms with Crippen LogP contribution in [0.15, 0.2) is 37.1 Å². The number of nitrogens with zero attached hydrogens (tertiary/aromatic N) is 1. The number of fused-ring (bicyclic) bond motifs is 1. The summed E-state index contributed by atoms with van der Waals surface area (Å²) >= 11 is 0. The molecule has 0 aliphatic carbocycles. The number of carbonyl (C=O) groups excluding carboxylic acids is 1. The summed E-state index contributed by atoms with van der Waals surface area (Å²) in [5, 5.41) is 9.59. The Morgan fingerprint density at radius 3 is 2.88 bits per heavy atom. The molecule has 1 heterocycles. The van der Waals surface area contributed by atoms with E-state index in [2.05, 4.69) is 23.4 Å². The molecule has 0 saturated heterocycles. The SMILES string of the molecule is C=CCN(CC)CCc1c[nH]c2ccc(OC(=O)CC(=O)O)cc12. The Hall–Kier alpha value is -2.60. The van der Waals surface area contributed by atoms with Gasteiger partial charge in [-0.2, -0.15) is 0 Å². The number of carboxylic acids is 1. The van der Waals surface area contributed by atoms with Gasteiger partial charge in [-0.1, -0.05) is 13.0 Å². The van der Waals surface area contributed by atoms with Crippen molar-refractivity contribution in [1.82, 2.24) is 9.88 Å². The zero-order valence-corrected chi connectivity index (χ0v) is 13.7. The Kier molecular flexibility index (Phi) is 6.14. The number of benzene rings is 1. The van der Waals surface area contributed by atoms with Gasteiger partial charge in [-0.05, 0) is 36.7 Å². The van der Waals surface area contributed by atoms with Gasteiger partial charge in [0.15, 0.2) is 0 Å². The highest BCUT2D eigenvalue weighted by Gasteiger charge is 2.12. The van der Waals surface area contributed by atoms with Gasteiger partial charge in [0.2, 0.25) is 0 Å². The summed E-state index contributed by atoms with van der Waals surface area (Å²) in [5.41, 5.74) is 2.08. The molecule has 1 aromatic carbocycles. The summed E-state index contributed by atoms with van der Waals surface area (Å²) in [6.07, 6.45) is 4.05. The minimum absolute atomic E-state index is 0.355.